The molecule has 0 unspecified atom stereocenters. The normalized spacial score (nSPS) is 9.15. The van der Waals surface area contributed by atoms with Gasteiger partial charge in [-0.3, -0.25) is 0 Å². The second-order valence-electron chi connectivity index (χ2n) is 2.93. The van der Waals surface area contributed by atoms with E-state index in [2.05, 4.69) is 0 Å². The van der Waals surface area contributed by atoms with Crippen LogP contribution in [-0.2, 0) is 10.1 Å². The Kier molecular flexibility index (Phi) is 12.0. The van der Waals surface area contributed by atoms with Gasteiger partial charge in [0.2, 0.25) is 0 Å². The predicted molar refractivity (Wildman–Crippen MR) is 86.0 cm³/mol. The fourth-order valence-corrected chi connectivity index (χ4v) is 2.11. The lowest BCUT2D eigenvalue weighted by Crippen LogP contribution is -1.98. The Labute approximate surface area is 123 Å². The molecule has 0 amide bonds. The fourth-order valence-electron chi connectivity index (χ4n) is 1.41. The van der Waals surface area contributed by atoms with Gasteiger partial charge in [0.05, 0.1) is 4.90 Å². The van der Waals surface area contributed by atoms with Crippen LogP contribution in [0.2, 0.25) is 0 Å². The third-order valence-corrected chi connectivity index (χ3v) is 2.91. The van der Waals surface area contributed by atoms with Crippen LogP contribution in [0.4, 0.5) is 0 Å². The highest BCUT2D eigenvalue weighted by atomic mass is 32.2. The molecule has 0 saturated carbocycles. The molecule has 0 aliphatic rings. The highest BCUT2D eigenvalue weighted by Gasteiger charge is 2.05. The molecule has 4 heteroatoms. The Morgan fingerprint density at radius 2 is 1.20 bits per heavy atom. The van der Waals surface area contributed by atoms with E-state index in [1.165, 1.54) is 6.07 Å². The van der Waals surface area contributed by atoms with Gasteiger partial charge in [-0.05, 0) is 16.8 Å². The van der Waals surface area contributed by atoms with Gasteiger partial charge < -0.3 is 4.55 Å². The van der Waals surface area contributed by atoms with Crippen molar-refractivity contribution < 1.29 is 13.0 Å². The molecule has 0 bridgehead atoms. The van der Waals surface area contributed by atoms with Crippen molar-refractivity contribution in [2.24, 2.45) is 0 Å². The van der Waals surface area contributed by atoms with Crippen LogP contribution in [0.3, 0.4) is 0 Å². The minimum Gasteiger partial charge on any atom is -0.744 e. The fraction of sp³-hybridized carbons (Fsp3) is 0.375. The number of hydrogen-bond donors (Lipinski definition) is 0. The average molecular weight is 297 g/mol. The molecule has 0 fully saturated rings. The van der Waals surface area contributed by atoms with Gasteiger partial charge in [-0.1, -0.05) is 77.9 Å². The van der Waals surface area contributed by atoms with E-state index in [-0.39, 0.29) is 4.90 Å². The molecule has 0 heterocycles. The summed E-state index contributed by atoms with van der Waals surface area (Å²) in [4.78, 5) is -0.157. The summed E-state index contributed by atoms with van der Waals surface area (Å²) in [5.74, 6) is 0. The van der Waals surface area contributed by atoms with Gasteiger partial charge in [0.15, 0.2) is 0 Å². The van der Waals surface area contributed by atoms with Gasteiger partial charge in [-0.2, -0.15) is 0 Å². The average Bonchev–Trinajstić information content (AvgIpc) is 2.52. The molecule has 2 aromatic rings. The predicted octanol–water partition coefficient (Wildman–Crippen LogP) is 4.82. The highest BCUT2D eigenvalue weighted by Crippen LogP contribution is 2.21. The SMILES string of the molecule is CC.CC.CC.O=S(=O)([O-])c1cccc2ccccc12. The molecule has 20 heavy (non-hydrogen) atoms. The first-order valence-corrected chi connectivity index (χ1v) is 8.43. The van der Waals surface area contributed by atoms with E-state index < -0.39 is 10.1 Å². The first kappa shape index (κ1) is 20.9. The summed E-state index contributed by atoms with van der Waals surface area (Å²) in [5.41, 5.74) is 0. The minimum atomic E-state index is -4.38. The van der Waals surface area contributed by atoms with Gasteiger partial charge in [0.25, 0.3) is 0 Å². The van der Waals surface area contributed by atoms with Crippen molar-refractivity contribution in [2.75, 3.05) is 0 Å². The third-order valence-electron chi connectivity index (χ3n) is 2.02. The van der Waals surface area contributed by atoms with Gasteiger partial charge >= 0.3 is 0 Å². The number of hydrogen-bond acceptors (Lipinski definition) is 3. The van der Waals surface area contributed by atoms with Crippen molar-refractivity contribution in [2.45, 2.75) is 46.4 Å². The number of fused-ring (bicyclic) bond motifs is 1. The van der Waals surface area contributed by atoms with Crippen LogP contribution in [-0.4, -0.2) is 13.0 Å². The summed E-state index contributed by atoms with van der Waals surface area (Å²) in [6.45, 7) is 12.0. The molecular formula is C16H25O3S-. The maximum absolute atomic E-state index is 10.9. The minimum absolute atomic E-state index is 0.157. The number of benzene rings is 2. The Morgan fingerprint density at radius 1 is 0.750 bits per heavy atom. The first-order chi connectivity index (χ1) is 9.59. The summed E-state index contributed by atoms with van der Waals surface area (Å²) in [7, 11) is -4.38. The molecule has 3 nitrogen and oxygen atoms in total. The standard InChI is InChI=1S/C10H8O3S.3C2H6/c11-14(12,13)10-7-3-5-8-4-1-2-6-9(8)10;3*1-2/h1-7H,(H,11,12,13);3*1-2H3/p-1. The summed E-state index contributed by atoms with van der Waals surface area (Å²) in [5, 5.41) is 1.23. The van der Waals surface area contributed by atoms with Crippen molar-refractivity contribution in [3.63, 3.8) is 0 Å². The quantitative estimate of drug-likeness (QED) is 0.709. The topological polar surface area (TPSA) is 57.2 Å². The lowest BCUT2D eigenvalue weighted by molar-refractivity contribution is 0.464. The Bertz CT molecular complexity index is 570. The maximum atomic E-state index is 10.9. The second kappa shape index (κ2) is 11.4. The largest absolute Gasteiger partial charge is 0.744 e. The Balaban J connectivity index is 0. The van der Waals surface area contributed by atoms with E-state index >= 15 is 0 Å². The van der Waals surface area contributed by atoms with Crippen LogP contribution >= 0.6 is 0 Å². The van der Waals surface area contributed by atoms with Crippen molar-refractivity contribution in [3.8, 4) is 0 Å². The zero-order chi connectivity index (χ0) is 16.2. The summed E-state index contributed by atoms with van der Waals surface area (Å²) in [6, 6.07) is 11.5. The Hall–Kier alpha value is -1.39. The maximum Gasteiger partial charge on any atom is 0.125 e. The van der Waals surface area contributed by atoms with Gasteiger partial charge in [0.1, 0.15) is 10.1 Å². The van der Waals surface area contributed by atoms with E-state index in [0.717, 1.165) is 5.39 Å². The van der Waals surface area contributed by atoms with E-state index in [1.54, 1.807) is 36.4 Å². The summed E-state index contributed by atoms with van der Waals surface area (Å²) < 4.78 is 32.7. The van der Waals surface area contributed by atoms with Crippen LogP contribution in [0.25, 0.3) is 10.8 Å². The second-order valence-corrected chi connectivity index (χ2v) is 4.28. The van der Waals surface area contributed by atoms with Crippen LogP contribution in [0.15, 0.2) is 47.4 Å². The smallest absolute Gasteiger partial charge is 0.125 e. The molecule has 0 saturated heterocycles. The monoisotopic (exact) mass is 297 g/mol. The summed E-state index contributed by atoms with van der Waals surface area (Å²) >= 11 is 0. The lowest BCUT2D eigenvalue weighted by atomic mass is 10.1. The lowest BCUT2D eigenvalue weighted by Gasteiger charge is -2.09. The van der Waals surface area contributed by atoms with Crippen LogP contribution in [0, 0.1) is 0 Å². The first-order valence-electron chi connectivity index (χ1n) is 7.03. The van der Waals surface area contributed by atoms with E-state index in [0.29, 0.717) is 5.39 Å². The summed E-state index contributed by atoms with van der Waals surface area (Å²) in [6.07, 6.45) is 0. The molecule has 0 aliphatic carbocycles. The Morgan fingerprint density at radius 3 is 1.70 bits per heavy atom. The zero-order valence-electron chi connectivity index (χ0n) is 13.2. The van der Waals surface area contributed by atoms with Gasteiger partial charge in [0, 0.05) is 0 Å². The van der Waals surface area contributed by atoms with Crippen molar-refractivity contribution >= 4 is 20.9 Å². The molecule has 2 rings (SSSR count). The molecule has 0 spiro atoms. The van der Waals surface area contributed by atoms with Crippen LogP contribution in [0.1, 0.15) is 41.5 Å². The number of rotatable bonds is 1. The molecule has 0 aliphatic heterocycles. The molecule has 0 radical (unpaired) electrons. The highest BCUT2D eigenvalue weighted by molar-refractivity contribution is 7.86. The van der Waals surface area contributed by atoms with Gasteiger partial charge in [-0.25, -0.2) is 8.42 Å². The van der Waals surface area contributed by atoms with E-state index in [1.807, 2.05) is 41.5 Å². The van der Waals surface area contributed by atoms with Crippen LogP contribution < -0.4 is 0 Å². The molecule has 0 N–H and O–H groups in total. The van der Waals surface area contributed by atoms with Crippen LogP contribution in [0.5, 0.6) is 0 Å². The zero-order valence-corrected chi connectivity index (χ0v) is 14.0. The molecule has 0 aromatic heterocycles. The molecule has 114 valence electrons. The van der Waals surface area contributed by atoms with E-state index in [4.69, 9.17) is 0 Å². The van der Waals surface area contributed by atoms with Crippen molar-refractivity contribution in [3.05, 3.63) is 42.5 Å². The molecular weight excluding hydrogens is 272 g/mol. The molecule has 2 aromatic carbocycles. The van der Waals surface area contributed by atoms with Gasteiger partial charge in [-0.15, -0.1) is 0 Å². The van der Waals surface area contributed by atoms with E-state index in [9.17, 15) is 13.0 Å². The third kappa shape index (κ3) is 6.17. The van der Waals surface area contributed by atoms with Crippen molar-refractivity contribution in [1.29, 1.82) is 0 Å². The molecule has 0 atom stereocenters. The van der Waals surface area contributed by atoms with Crippen molar-refractivity contribution in [1.82, 2.24) is 0 Å².